The van der Waals surface area contributed by atoms with E-state index in [4.69, 9.17) is 4.74 Å². The number of aryl methyl sites for hydroxylation is 1. The SMILES string of the molecule is Cc1scc2nc(C(=O)NC3CCN(C)CC3)nc(N3CCOCC3)c12. The van der Waals surface area contributed by atoms with E-state index < -0.39 is 0 Å². The van der Waals surface area contributed by atoms with E-state index in [1.807, 2.05) is 5.38 Å². The third-order valence-corrected chi connectivity index (χ3v) is 6.08. The maximum Gasteiger partial charge on any atom is 0.289 e. The molecule has 1 N–H and O–H groups in total. The minimum atomic E-state index is -0.167. The van der Waals surface area contributed by atoms with Gasteiger partial charge in [0.2, 0.25) is 5.82 Å². The van der Waals surface area contributed by atoms with Gasteiger partial charge in [-0.05, 0) is 39.9 Å². The molecule has 0 saturated carbocycles. The summed E-state index contributed by atoms with van der Waals surface area (Å²) in [7, 11) is 2.11. The summed E-state index contributed by atoms with van der Waals surface area (Å²) >= 11 is 1.65. The lowest BCUT2D eigenvalue weighted by Crippen LogP contribution is -2.44. The van der Waals surface area contributed by atoms with Crippen molar-refractivity contribution in [2.75, 3.05) is 51.3 Å². The number of thiophene rings is 1. The third-order valence-electron chi connectivity index (χ3n) is 5.18. The number of morpholine rings is 1. The molecule has 0 spiro atoms. The number of carbonyl (C=O) groups is 1. The Labute approximate surface area is 157 Å². The van der Waals surface area contributed by atoms with Crippen LogP contribution in [-0.2, 0) is 4.74 Å². The average Bonchev–Trinajstić information content (AvgIpc) is 3.05. The van der Waals surface area contributed by atoms with Gasteiger partial charge in [0.05, 0.1) is 24.1 Å². The summed E-state index contributed by atoms with van der Waals surface area (Å²) in [5.41, 5.74) is 0.859. The van der Waals surface area contributed by atoms with Gasteiger partial charge in [-0.2, -0.15) is 0 Å². The van der Waals surface area contributed by atoms with Crippen molar-refractivity contribution < 1.29 is 9.53 Å². The molecule has 140 valence electrons. The Bertz CT molecular complexity index is 794. The lowest BCUT2D eigenvalue weighted by molar-refractivity contribution is 0.0906. The van der Waals surface area contributed by atoms with Crippen LogP contribution in [0.5, 0.6) is 0 Å². The Morgan fingerprint density at radius 3 is 2.69 bits per heavy atom. The molecule has 2 aliphatic heterocycles. The van der Waals surface area contributed by atoms with E-state index in [0.717, 1.165) is 55.7 Å². The second kappa shape index (κ2) is 7.46. The van der Waals surface area contributed by atoms with Crippen LogP contribution in [0.1, 0.15) is 28.3 Å². The zero-order chi connectivity index (χ0) is 18.1. The van der Waals surface area contributed by atoms with Gasteiger partial charge in [-0.15, -0.1) is 11.3 Å². The highest BCUT2D eigenvalue weighted by Gasteiger charge is 2.24. The molecular formula is C18H25N5O2S. The van der Waals surface area contributed by atoms with E-state index >= 15 is 0 Å². The van der Waals surface area contributed by atoms with E-state index in [9.17, 15) is 4.79 Å². The highest BCUT2D eigenvalue weighted by atomic mass is 32.1. The zero-order valence-electron chi connectivity index (χ0n) is 15.3. The predicted molar refractivity (Wildman–Crippen MR) is 103 cm³/mol. The predicted octanol–water partition coefficient (Wildman–Crippen LogP) is 1.66. The average molecular weight is 375 g/mol. The van der Waals surface area contributed by atoms with Crippen LogP contribution in [0.3, 0.4) is 0 Å². The quantitative estimate of drug-likeness (QED) is 0.880. The second-order valence-corrected chi connectivity index (χ2v) is 8.16. The summed E-state index contributed by atoms with van der Waals surface area (Å²) in [5.74, 6) is 0.973. The lowest BCUT2D eigenvalue weighted by Gasteiger charge is -2.30. The first-order valence-corrected chi connectivity index (χ1v) is 10.1. The van der Waals surface area contributed by atoms with Crippen molar-refractivity contribution in [2.45, 2.75) is 25.8 Å². The largest absolute Gasteiger partial charge is 0.378 e. The highest BCUT2D eigenvalue weighted by molar-refractivity contribution is 7.11. The molecule has 4 heterocycles. The molecule has 2 fully saturated rings. The molecule has 2 aliphatic rings. The molecule has 0 unspecified atom stereocenters. The molecule has 2 aromatic heterocycles. The molecule has 2 aromatic rings. The van der Waals surface area contributed by atoms with Crippen molar-refractivity contribution in [3.05, 3.63) is 16.1 Å². The number of rotatable bonds is 3. The summed E-state index contributed by atoms with van der Waals surface area (Å²) in [6.07, 6.45) is 1.94. The molecular weight excluding hydrogens is 350 g/mol. The van der Waals surface area contributed by atoms with Crippen molar-refractivity contribution in [3.8, 4) is 0 Å². The monoisotopic (exact) mass is 375 g/mol. The fourth-order valence-electron chi connectivity index (χ4n) is 3.60. The fourth-order valence-corrected chi connectivity index (χ4v) is 4.37. The summed E-state index contributed by atoms with van der Waals surface area (Å²) in [4.78, 5) is 27.7. The molecule has 0 atom stereocenters. The zero-order valence-corrected chi connectivity index (χ0v) is 16.1. The van der Waals surface area contributed by atoms with Gasteiger partial charge in [-0.1, -0.05) is 0 Å². The molecule has 0 aliphatic carbocycles. The van der Waals surface area contributed by atoms with E-state index in [1.54, 1.807) is 11.3 Å². The summed E-state index contributed by atoms with van der Waals surface area (Å²) < 4.78 is 5.47. The van der Waals surface area contributed by atoms with Crippen molar-refractivity contribution in [1.82, 2.24) is 20.2 Å². The van der Waals surface area contributed by atoms with Crippen molar-refractivity contribution >= 4 is 34.0 Å². The van der Waals surface area contributed by atoms with Gasteiger partial charge in [-0.3, -0.25) is 4.79 Å². The Hall–Kier alpha value is -1.77. The Morgan fingerprint density at radius 1 is 1.23 bits per heavy atom. The van der Waals surface area contributed by atoms with Crippen LogP contribution < -0.4 is 10.2 Å². The van der Waals surface area contributed by atoms with E-state index in [-0.39, 0.29) is 17.8 Å². The lowest BCUT2D eigenvalue weighted by atomic mass is 10.1. The number of likely N-dealkylation sites (tertiary alicyclic amines) is 1. The number of nitrogens with one attached hydrogen (secondary N) is 1. The second-order valence-electron chi connectivity index (χ2n) is 7.07. The Morgan fingerprint density at radius 2 is 1.96 bits per heavy atom. The minimum Gasteiger partial charge on any atom is -0.378 e. The molecule has 26 heavy (non-hydrogen) atoms. The number of carbonyl (C=O) groups excluding carboxylic acids is 1. The first-order chi connectivity index (χ1) is 12.6. The van der Waals surface area contributed by atoms with Gasteiger partial charge < -0.3 is 19.9 Å². The number of fused-ring (bicyclic) bond motifs is 1. The minimum absolute atomic E-state index is 0.167. The van der Waals surface area contributed by atoms with Gasteiger partial charge in [0, 0.05) is 29.4 Å². The van der Waals surface area contributed by atoms with Crippen molar-refractivity contribution in [3.63, 3.8) is 0 Å². The van der Waals surface area contributed by atoms with E-state index in [1.165, 1.54) is 4.88 Å². The summed E-state index contributed by atoms with van der Waals surface area (Å²) in [6.45, 7) is 7.05. The van der Waals surface area contributed by atoms with Crippen molar-refractivity contribution in [2.24, 2.45) is 0 Å². The number of piperidine rings is 1. The molecule has 7 nitrogen and oxygen atoms in total. The van der Waals surface area contributed by atoms with Gasteiger partial charge in [-0.25, -0.2) is 9.97 Å². The van der Waals surface area contributed by atoms with Crippen LogP contribution in [0.2, 0.25) is 0 Å². The molecule has 1 amide bonds. The van der Waals surface area contributed by atoms with Crippen LogP contribution in [-0.4, -0.2) is 73.3 Å². The molecule has 0 aromatic carbocycles. The topological polar surface area (TPSA) is 70.6 Å². The van der Waals surface area contributed by atoms with E-state index in [2.05, 4.69) is 39.1 Å². The molecule has 2 saturated heterocycles. The summed E-state index contributed by atoms with van der Waals surface area (Å²) in [5, 5.41) is 6.21. The number of hydrogen-bond donors (Lipinski definition) is 1. The number of ether oxygens (including phenoxy) is 1. The fraction of sp³-hybridized carbons (Fsp3) is 0.611. The normalized spacial score (nSPS) is 19.8. The number of aromatic nitrogens is 2. The van der Waals surface area contributed by atoms with Crippen LogP contribution in [0.4, 0.5) is 5.82 Å². The van der Waals surface area contributed by atoms with Gasteiger partial charge >= 0.3 is 0 Å². The third kappa shape index (κ3) is 3.54. The number of hydrogen-bond acceptors (Lipinski definition) is 7. The smallest absolute Gasteiger partial charge is 0.289 e. The highest BCUT2D eigenvalue weighted by Crippen LogP contribution is 2.32. The van der Waals surface area contributed by atoms with Gasteiger partial charge in [0.15, 0.2) is 0 Å². The number of nitrogens with zero attached hydrogens (tertiary/aromatic N) is 4. The molecule has 0 bridgehead atoms. The van der Waals surface area contributed by atoms with Gasteiger partial charge in [0.1, 0.15) is 5.82 Å². The number of amides is 1. The molecule has 4 rings (SSSR count). The Balaban J connectivity index is 1.61. The van der Waals surface area contributed by atoms with Crippen LogP contribution in [0, 0.1) is 6.92 Å². The van der Waals surface area contributed by atoms with Crippen LogP contribution in [0.25, 0.3) is 10.9 Å². The van der Waals surface area contributed by atoms with Gasteiger partial charge in [0.25, 0.3) is 5.91 Å². The number of anilines is 1. The maximum atomic E-state index is 12.8. The van der Waals surface area contributed by atoms with Crippen LogP contribution in [0.15, 0.2) is 5.38 Å². The molecule has 0 radical (unpaired) electrons. The maximum absolute atomic E-state index is 12.8. The summed E-state index contributed by atoms with van der Waals surface area (Å²) in [6, 6.07) is 0.203. The van der Waals surface area contributed by atoms with E-state index in [0.29, 0.717) is 13.2 Å². The van der Waals surface area contributed by atoms with Crippen molar-refractivity contribution in [1.29, 1.82) is 0 Å². The first-order valence-electron chi connectivity index (χ1n) is 9.20. The van der Waals surface area contributed by atoms with Crippen LogP contribution >= 0.6 is 11.3 Å². The first kappa shape index (κ1) is 17.6. The molecule has 8 heteroatoms. The standard InChI is InChI=1S/C18H25N5O2S/c1-12-15-14(11-26-12)20-16(21-17(15)23-7-9-25-10-8-23)18(24)19-13-3-5-22(2)6-4-13/h11,13H,3-10H2,1-2H3,(H,19,24). The Kier molecular flexibility index (Phi) is 5.06.